The van der Waals surface area contributed by atoms with Crippen molar-refractivity contribution in [2.24, 2.45) is 10.8 Å². The Labute approximate surface area is 180 Å². The topological polar surface area (TPSA) is 71.1 Å². The molecule has 1 aromatic carbocycles. The summed E-state index contributed by atoms with van der Waals surface area (Å²) in [5.41, 5.74) is -0.0469. The van der Waals surface area contributed by atoms with Crippen LogP contribution in [0, 0.1) is 10.8 Å². The molecule has 168 valence electrons. The number of benzene rings is 1. The van der Waals surface area contributed by atoms with E-state index in [2.05, 4.69) is 0 Å². The van der Waals surface area contributed by atoms with E-state index >= 15 is 0 Å². The lowest BCUT2D eigenvalue weighted by atomic mass is 9.97. The van der Waals surface area contributed by atoms with Crippen molar-refractivity contribution in [2.45, 2.75) is 79.3 Å². The first-order valence-corrected chi connectivity index (χ1v) is 10.6. The Bertz CT molecular complexity index is 648. The van der Waals surface area contributed by atoms with Crippen LogP contribution in [0.3, 0.4) is 0 Å². The maximum Gasteiger partial charge on any atom is 0.311 e. The summed E-state index contributed by atoms with van der Waals surface area (Å²) in [6.07, 6.45) is 0.561. The molecule has 1 unspecified atom stereocenters. The summed E-state index contributed by atoms with van der Waals surface area (Å²) in [6.45, 7) is 11.7. The van der Waals surface area contributed by atoms with E-state index in [0.29, 0.717) is 19.4 Å². The minimum Gasteiger partial charge on any atom is -0.463 e. The fourth-order valence-electron chi connectivity index (χ4n) is 2.98. The molecule has 1 heterocycles. The third kappa shape index (κ3) is 8.07. The number of ether oxygens (including phenoxy) is 4. The molecule has 1 saturated heterocycles. The molecule has 30 heavy (non-hydrogen) atoms. The third-order valence-electron chi connectivity index (χ3n) is 4.79. The van der Waals surface area contributed by atoms with Crippen molar-refractivity contribution >= 4 is 11.9 Å². The first-order chi connectivity index (χ1) is 13.9. The molecule has 0 aromatic heterocycles. The zero-order valence-corrected chi connectivity index (χ0v) is 19.1. The van der Waals surface area contributed by atoms with Crippen molar-refractivity contribution in [3.63, 3.8) is 0 Å². The lowest BCUT2D eigenvalue weighted by molar-refractivity contribution is -0.179. The Morgan fingerprint density at radius 2 is 1.33 bits per heavy atom. The van der Waals surface area contributed by atoms with Gasteiger partial charge in [-0.2, -0.15) is 0 Å². The number of carbonyl (C=O) groups is 2. The van der Waals surface area contributed by atoms with Gasteiger partial charge < -0.3 is 18.9 Å². The summed E-state index contributed by atoms with van der Waals surface area (Å²) in [5.74, 6) is -0.539. The molecule has 0 aliphatic carbocycles. The number of rotatable bonds is 7. The predicted octanol–water partition coefficient (Wildman–Crippen LogP) is 4.30. The second-order valence-corrected chi connectivity index (χ2v) is 9.97. The molecular weight excluding hydrogens is 384 g/mol. The van der Waals surface area contributed by atoms with Gasteiger partial charge in [0, 0.05) is 12.8 Å². The van der Waals surface area contributed by atoms with Crippen LogP contribution in [0.5, 0.6) is 0 Å². The largest absolute Gasteiger partial charge is 0.463 e. The zero-order valence-electron chi connectivity index (χ0n) is 19.1. The van der Waals surface area contributed by atoms with Gasteiger partial charge in [-0.25, -0.2) is 0 Å². The molecule has 0 saturated carbocycles. The molecule has 1 aliphatic rings. The number of hydrogen-bond donors (Lipinski definition) is 0. The van der Waals surface area contributed by atoms with Crippen LogP contribution in [0.4, 0.5) is 0 Å². The van der Waals surface area contributed by atoms with Crippen LogP contribution in [0.15, 0.2) is 30.3 Å². The fourth-order valence-corrected chi connectivity index (χ4v) is 2.98. The maximum absolute atomic E-state index is 12.1. The molecule has 1 aromatic rings. The summed E-state index contributed by atoms with van der Waals surface area (Å²) in [7, 11) is 0. The van der Waals surface area contributed by atoms with Crippen molar-refractivity contribution < 1.29 is 28.5 Å². The van der Waals surface area contributed by atoms with Crippen LogP contribution in [-0.2, 0) is 35.1 Å². The van der Waals surface area contributed by atoms with E-state index in [1.54, 1.807) is 0 Å². The molecular formula is C24H36O6. The highest BCUT2D eigenvalue weighted by Crippen LogP contribution is 2.26. The molecule has 6 heteroatoms. The van der Waals surface area contributed by atoms with E-state index in [4.69, 9.17) is 18.9 Å². The Balaban J connectivity index is 1.96. The Kier molecular flexibility index (Phi) is 8.44. The van der Waals surface area contributed by atoms with Crippen LogP contribution in [0.2, 0.25) is 0 Å². The fraction of sp³-hybridized carbons (Fsp3) is 0.667. The van der Waals surface area contributed by atoms with E-state index in [1.807, 2.05) is 71.9 Å². The first kappa shape index (κ1) is 24.4. The maximum atomic E-state index is 12.1. The Hall–Kier alpha value is -1.92. The average Bonchev–Trinajstić information content (AvgIpc) is 2.68. The van der Waals surface area contributed by atoms with E-state index in [0.717, 1.165) is 5.56 Å². The van der Waals surface area contributed by atoms with Gasteiger partial charge in [0.15, 0.2) is 0 Å². The Morgan fingerprint density at radius 1 is 0.867 bits per heavy atom. The van der Waals surface area contributed by atoms with Gasteiger partial charge in [-0.15, -0.1) is 0 Å². The number of esters is 2. The van der Waals surface area contributed by atoms with Gasteiger partial charge in [0.05, 0.1) is 35.7 Å². The molecule has 2 rings (SSSR count). The summed E-state index contributed by atoms with van der Waals surface area (Å²) >= 11 is 0. The molecule has 1 aliphatic heterocycles. The van der Waals surface area contributed by atoms with Crippen LogP contribution < -0.4 is 0 Å². The molecule has 0 spiro atoms. The molecule has 0 bridgehead atoms. The van der Waals surface area contributed by atoms with Crippen molar-refractivity contribution in [2.75, 3.05) is 13.2 Å². The highest BCUT2D eigenvalue weighted by molar-refractivity contribution is 5.75. The lowest BCUT2D eigenvalue weighted by Gasteiger charge is -2.35. The molecule has 3 atom stereocenters. The smallest absolute Gasteiger partial charge is 0.311 e. The normalized spacial score (nSPS) is 22.4. The second-order valence-electron chi connectivity index (χ2n) is 9.97. The summed E-state index contributed by atoms with van der Waals surface area (Å²) in [6, 6.07) is 9.96. The monoisotopic (exact) mass is 420 g/mol. The molecule has 0 N–H and O–H groups in total. The van der Waals surface area contributed by atoms with Crippen LogP contribution in [-0.4, -0.2) is 43.5 Å². The van der Waals surface area contributed by atoms with E-state index < -0.39 is 10.8 Å². The van der Waals surface area contributed by atoms with E-state index in [1.165, 1.54) is 0 Å². The highest BCUT2D eigenvalue weighted by Gasteiger charge is 2.34. The number of carbonyl (C=O) groups excluding carboxylic acids is 2. The predicted molar refractivity (Wildman–Crippen MR) is 114 cm³/mol. The SMILES string of the molecule is CC(C)(C)C(=O)OC[C@@H]1CC(OCc2ccccc2)C[C@H](COC(=O)C(C)(C)C)O1. The van der Waals surface area contributed by atoms with Gasteiger partial charge in [-0.3, -0.25) is 9.59 Å². The highest BCUT2D eigenvalue weighted by atomic mass is 16.6. The van der Waals surface area contributed by atoms with Gasteiger partial charge in [0.25, 0.3) is 0 Å². The average molecular weight is 421 g/mol. The van der Waals surface area contributed by atoms with Crippen LogP contribution >= 0.6 is 0 Å². The van der Waals surface area contributed by atoms with Crippen molar-refractivity contribution in [1.29, 1.82) is 0 Å². The minimum absolute atomic E-state index is 0.0735. The molecule has 0 radical (unpaired) electrons. The third-order valence-corrected chi connectivity index (χ3v) is 4.79. The van der Waals surface area contributed by atoms with Crippen molar-refractivity contribution in [3.05, 3.63) is 35.9 Å². The van der Waals surface area contributed by atoms with Crippen LogP contribution in [0.1, 0.15) is 59.9 Å². The lowest BCUT2D eigenvalue weighted by Crippen LogP contribution is -2.43. The number of hydrogen-bond acceptors (Lipinski definition) is 6. The minimum atomic E-state index is -0.570. The standard InChI is InChI=1S/C24H36O6/c1-23(2,3)21(25)28-15-19-12-18(27-14-17-10-8-7-9-11-17)13-20(30-19)16-29-22(26)24(4,5)6/h7-11,18-20H,12-16H2,1-6H3/t18?,19-,20+. The van der Waals surface area contributed by atoms with E-state index in [9.17, 15) is 9.59 Å². The summed E-state index contributed by atoms with van der Waals surface area (Å²) < 4.78 is 23.1. The second kappa shape index (κ2) is 10.4. The van der Waals surface area contributed by atoms with Crippen LogP contribution in [0.25, 0.3) is 0 Å². The molecule has 0 amide bonds. The van der Waals surface area contributed by atoms with Gasteiger partial charge >= 0.3 is 11.9 Å². The summed E-state index contributed by atoms with van der Waals surface area (Å²) in [5, 5.41) is 0. The quantitative estimate of drug-likeness (QED) is 0.613. The van der Waals surface area contributed by atoms with Gasteiger partial charge in [0.2, 0.25) is 0 Å². The van der Waals surface area contributed by atoms with Gasteiger partial charge in [0.1, 0.15) is 13.2 Å². The first-order valence-electron chi connectivity index (χ1n) is 10.6. The van der Waals surface area contributed by atoms with Gasteiger partial charge in [-0.05, 0) is 47.1 Å². The Morgan fingerprint density at radius 3 is 1.77 bits per heavy atom. The van der Waals surface area contributed by atoms with Crippen molar-refractivity contribution in [3.8, 4) is 0 Å². The van der Waals surface area contributed by atoms with E-state index in [-0.39, 0.29) is 43.5 Å². The zero-order chi connectivity index (χ0) is 22.4. The molecule has 1 fully saturated rings. The molecule has 6 nitrogen and oxygen atoms in total. The van der Waals surface area contributed by atoms with Crippen molar-refractivity contribution in [1.82, 2.24) is 0 Å². The van der Waals surface area contributed by atoms with Gasteiger partial charge in [-0.1, -0.05) is 30.3 Å². The summed E-state index contributed by atoms with van der Waals surface area (Å²) in [4.78, 5) is 24.3.